The van der Waals surface area contributed by atoms with Gasteiger partial charge in [-0.3, -0.25) is 9.52 Å². The Labute approximate surface area is 160 Å². The van der Waals surface area contributed by atoms with E-state index in [1.54, 1.807) is 41.3 Å². The zero-order valence-electron chi connectivity index (χ0n) is 15.7. The van der Waals surface area contributed by atoms with Gasteiger partial charge in [0.05, 0.1) is 17.7 Å². The largest absolute Gasteiger partial charge is 0.495 e. The van der Waals surface area contributed by atoms with Crippen molar-refractivity contribution in [1.82, 2.24) is 4.90 Å². The second-order valence-corrected chi connectivity index (χ2v) is 7.79. The first-order chi connectivity index (χ1) is 12.8. The molecule has 0 saturated carbocycles. The number of hydrogen-bond acceptors (Lipinski definition) is 4. The number of hydrogen-bond donors (Lipinski definition) is 1. The molecule has 0 fully saturated rings. The molecule has 0 atom stereocenters. The Morgan fingerprint density at radius 2 is 1.89 bits per heavy atom. The number of methoxy groups -OCH3 is 1. The highest BCUT2D eigenvalue weighted by molar-refractivity contribution is 7.92. The first kappa shape index (κ1) is 20.5. The summed E-state index contributed by atoms with van der Waals surface area (Å²) in [5.41, 5.74) is 1.49. The molecule has 27 heavy (non-hydrogen) atoms. The first-order valence-corrected chi connectivity index (χ1v) is 9.96. The van der Waals surface area contributed by atoms with Crippen LogP contribution in [0.2, 0.25) is 0 Å². The molecule has 0 unspecified atom stereocenters. The van der Waals surface area contributed by atoms with Gasteiger partial charge < -0.3 is 9.64 Å². The van der Waals surface area contributed by atoms with Crippen LogP contribution in [0.5, 0.6) is 5.75 Å². The minimum Gasteiger partial charge on any atom is -0.495 e. The maximum Gasteiger partial charge on any atom is 0.262 e. The van der Waals surface area contributed by atoms with E-state index in [4.69, 9.17) is 4.74 Å². The molecular formula is C20H24N2O4S. The van der Waals surface area contributed by atoms with Crippen molar-refractivity contribution in [2.75, 3.05) is 24.9 Å². The predicted molar refractivity (Wildman–Crippen MR) is 107 cm³/mol. The number of likely N-dealkylation sites (N-methyl/N-ethyl adjacent to an activating group) is 1. The van der Waals surface area contributed by atoms with Gasteiger partial charge in [-0.1, -0.05) is 30.4 Å². The summed E-state index contributed by atoms with van der Waals surface area (Å²) in [5.74, 6) is 0.168. The van der Waals surface area contributed by atoms with Crippen LogP contribution in [0.3, 0.4) is 0 Å². The predicted octanol–water partition coefficient (Wildman–Crippen LogP) is 3.53. The zero-order chi connectivity index (χ0) is 20.0. The van der Waals surface area contributed by atoms with Crippen LogP contribution in [0.1, 0.15) is 24.2 Å². The molecule has 2 rings (SSSR count). The standard InChI is InChI=1S/C20H24N2O4S/c1-5-22(14-15(2)3)20(23)16-9-8-10-17(13-16)27(24,25)21-18-11-6-7-12-19(18)26-4/h6-13,21H,2,5,14H2,1,3-4H3. The number of carbonyl (C=O) groups excluding carboxylic acids is 1. The van der Waals surface area contributed by atoms with Crippen molar-refractivity contribution < 1.29 is 17.9 Å². The van der Waals surface area contributed by atoms with Crippen molar-refractivity contribution in [2.24, 2.45) is 0 Å². The fourth-order valence-electron chi connectivity index (χ4n) is 2.56. The van der Waals surface area contributed by atoms with E-state index in [1.165, 1.54) is 19.2 Å². The number of anilines is 1. The summed E-state index contributed by atoms with van der Waals surface area (Å²) in [6, 6.07) is 12.7. The summed E-state index contributed by atoms with van der Waals surface area (Å²) < 4.78 is 33.2. The molecular weight excluding hydrogens is 364 g/mol. The Morgan fingerprint density at radius 1 is 1.19 bits per heavy atom. The number of amides is 1. The third-order valence-corrected chi connectivity index (χ3v) is 5.24. The highest BCUT2D eigenvalue weighted by Crippen LogP contribution is 2.26. The number of nitrogens with one attached hydrogen (secondary N) is 1. The summed E-state index contributed by atoms with van der Waals surface area (Å²) in [6.45, 7) is 8.46. The van der Waals surface area contributed by atoms with Gasteiger partial charge in [-0.05, 0) is 44.2 Å². The Bertz CT molecular complexity index is 939. The smallest absolute Gasteiger partial charge is 0.262 e. The molecule has 0 radical (unpaired) electrons. The Kier molecular flexibility index (Phi) is 6.63. The molecule has 0 aliphatic heterocycles. The van der Waals surface area contributed by atoms with E-state index in [9.17, 15) is 13.2 Å². The molecule has 0 spiro atoms. The van der Waals surface area contributed by atoms with Crippen molar-refractivity contribution >= 4 is 21.6 Å². The lowest BCUT2D eigenvalue weighted by Crippen LogP contribution is -2.32. The summed E-state index contributed by atoms with van der Waals surface area (Å²) in [4.78, 5) is 14.3. The highest BCUT2D eigenvalue weighted by Gasteiger charge is 2.20. The molecule has 2 aromatic carbocycles. The summed E-state index contributed by atoms with van der Waals surface area (Å²) >= 11 is 0. The zero-order valence-corrected chi connectivity index (χ0v) is 16.5. The highest BCUT2D eigenvalue weighted by atomic mass is 32.2. The molecule has 7 heteroatoms. The second-order valence-electron chi connectivity index (χ2n) is 6.11. The van der Waals surface area contributed by atoms with Crippen molar-refractivity contribution in [2.45, 2.75) is 18.7 Å². The lowest BCUT2D eigenvalue weighted by molar-refractivity contribution is 0.0778. The Morgan fingerprint density at radius 3 is 2.52 bits per heavy atom. The van der Waals surface area contributed by atoms with E-state index in [2.05, 4.69) is 11.3 Å². The summed E-state index contributed by atoms with van der Waals surface area (Å²) in [5, 5.41) is 0. The van der Waals surface area contributed by atoms with E-state index in [-0.39, 0.29) is 10.8 Å². The van der Waals surface area contributed by atoms with Gasteiger partial charge in [0, 0.05) is 18.7 Å². The second kappa shape index (κ2) is 8.73. The van der Waals surface area contributed by atoms with Gasteiger partial charge in [-0.2, -0.15) is 0 Å². The molecule has 0 heterocycles. The average molecular weight is 388 g/mol. The van der Waals surface area contributed by atoms with E-state index < -0.39 is 10.0 Å². The normalized spacial score (nSPS) is 10.9. The Hall–Kier alpha value is -2.80. The first-order valence-electron chi connectivity index (χ1n) is 8.48. The molecule has 0 saturated heterocycles. The van der Waals surface area contributed by atoms with Gasteiger partial charge in [0.15, 0.2) is 0 Å². The van der Waals surface area contributed by atoms with E-state index >= 15 is 0 Å². The lowest BCUT2D eigenvalue weighted by Gasteiger charge is -2.21. The van der Waals surface area contributed by atoms with Crippen LogP contribution in [0.15, 0.2) is 65.6 Å². The van der Waals surface area contributed by atoms with Crippen LogP contribution in [-0.2, 0) is 10.0 Å². The third-order valence-electron chi connectivity index (χ3n) is 3.87. The topological polar surface area (TPSA) is 75.7 Å². The number of carbonyl (C=O) groups is 1. The van der Waals surface area contributed by atoms with Crippen LogP contribution < -0.4 is 9.46 Å². The van der Waals surface area contributed by atoms with Gasteiger partial charge in [0.25, 0.3) is 15.9 Å². The van der Waals surface area contributed by atoms with Crippen molar-refractivity contribution in [1.29, 1.82) is 0 Å². The van der Waals surface area contributed by atoms with Crippen LogP contribution in [-0.4, -0.2) is 39.4 Å². The molecule has 0 aliphatic rings. The Balaban J connectivity index is 2.32. The van der Waals surface area contributed by atoms with Gasteiger partial charge >= 0.3 is 0 Å². The quantitative estimate of drug-likeness (QED) is 0.702. The molecule has 6 nitrogen and oxygen atoms in total. The van der Waals surface area contributed by atoms with E-state index in [1.807, 2.05) is 13.8 Å². The molecule has 0 aliphatic carbocycles. The SMILES string of the molecule is C=C(C)CN(CC)C(=O)c1cccc(S(=O)(=O)Nc2ccccc2OC)c1. The van der Waals surface area contributed by atoms with Crippen LogP contribution in [0.4, 0.5) is 5.69 Å². The number of ether oxygens (including phenoxy) is 1. The van der Waals surface area contributed by atoms with Gasteiger partial charge in [0.2, 0.25) is 0 Å². The number of sulfonamides is 1. The molecule has 1 amide bonds. The minimum atomic E-state index is -3.88. The fraction of sp³-hybridized carbons (Fsp3) is 0.250. The number of benzene rings is 2. The molecule has 2 aromatic rings. The van der Waals surface area contributed by atoms with Crippen molar-refractivity contribution in [3.8, 4) is 5.75 Å². The summed E-state index contributed by atoms with van der Waals surface area (Å²) in [6.07, 6.45) is 0. The summed E-state index contributed by atoms with van der Waals surface area (Å²) in [7, 11) is -2.41. The number of rotatable bonds is 8. The van der Waals surface area contributed by atoms with Crippen LogP contribution in [0, 0.1) is 0 Å². The molecule has 1 N–H and O–H groups in total. The van der Waals surface area contributed by atoms with E-state index in [0.29, 0.717) is 30.1 Å². The monoisotopic (exact) mass is 388 g/mol. The van der Waals surface area contributed by atoms with Gasteiger partial charge in [-0.15, -0.1) is 0 Å². The van der Waals surface area contributed by atoms with E-state index in [0.717, 1.165) is 5.57 Å². The van der Waals surface area contributed by atoms with Crippen LogP contribution in [0.25, 0.3) is 0 Å². The number of nitrogens with zero attached hydrogens (tertiary/aromatic N) is 1. The minimum absolute atomic E-state index is 0.00522. The van der Waals surface area contributed by atoms with Gasteiger partial charge in [-0.25, -0.2) is 8.42 Å². The fourth-order valence-corrected chi connectivity index (χ4v) is 3.68. The van der Waals surface area contributed by atoms with Crippen LogP contribution >= 0.6 is 0 Å². The molecule has 0 bridgehead atoms. The average Bonchev–Trinajstić information content (AvgIpc) is 2.65. The molecule has 144 valence electrons. The maximum absolute atomic E-state index is 12.8. The number of para-hydroxylation sites is 2. The van der Waals surface area contributed by atoms with Gasteiger partial charge in [0.1, 0.15) is 5.75 Å². The molecule has 0 aromatic heterocycles. The van der Waals surface area contributed by atoms with Crippen molar-refractivity contribution in [3.05, 3.63) is 66.2 Å². The third kappa shape index (κ3) is 5.10. The maximum atomic E-state index is 12.8. The lowest BCUT2D eigenvalue weighted by atomic mass is 10.2. The van der Waals surface area contributed by atoms with Crippen molar-refractivity contribution in [3.63, 3.8) is 0 Å².